The van der Waals surface area contributed by atoms with Gasteiger partial charge in [-0.1, -0.05) is 64.8 Å². The van der Waals surface area contributed by atoms with Gasteiger partial charge in [-0.15, -0.1) is 0 Å². The van der Waals surface area contributed by atoms with Gasteiger partial charge in [0.25, 0.3) is 0 Å². The molecule has 15 heavy (non-hydrogen) atoms. The molecule has 0 fully saturated rings. The third-order valence-electron chi connectivity index (χ3n) is 2.78. The second kappa shape index (κ2) is 5.01. The van der Waals surface area contributed by atoms with Crippen LogP contribution < -0.4 is 0 Å². The highest BCUT2D eigenvalue weighted by Gasteiger charge is 2.16. The quantitative estimate of drug-likeness (QED) is 0.662. The second-order valence-electron chi connectivity index (χ2n) is 4.94. The number of hydrogen-bond donors (Lipinski definition) is 0. The molecule has 0 atom stereocenters. The van der Waals surface area contributed by atoms with Gasteiger partial charge in [0.15, 0.2) is 0 Å². The zero-order valence-corrected chi connectivity index (χ0v) is 13.0. The minimum absolute atomic E-state index is 0.224. The first-order valence-electron chi connectivity index (χ1n) is 5.15. The van der Waals surface area contributed by atoms with Crippen molar-refractivity contribution in [3.8, 4) is 0 Å². The summed E-state index contributed by atoms with van der Waals surface area (Å²) in [6.45, 7) is 8.97. The van der Waals surface area contributed by atoms with E-state index in [4.69, 9.17) is 0 Å². The largest absolute Gasteiger partial charge is 0.0876 e. The van der Waals surface area contributed by atoms with Crippen molar-refractivity contribution in [1.29, 1.82) is 0 Å². The standard InChI is InChI=1S/C13H18Br2/c1-9-10(7-14)5-12(13(2,3)4)6-11(9)8-15/h5-6H,7-8H2,1-4H3. The fourth-order valence-corrected chi connectivity index (χ4v) is 2.72. The van der Waals surface area contributed by atoms with Crippen molar-refractivity contribution in [1.82, 2.24) is 0 Å². The summed E-state index contributed by atoms with van der Waals surface area (Å²) in [5.74, 6) is 0. The Bertz CT molecular complexity index is 323. The van der Waals surface area contributed by atoms with E-state index < -0.39 is 0 Å². The lowest BCUT2D eigenvalue weighted by Gasteiger charge is -2.22. The van der Waals surface area contributed by atoms with Crippen molar-refractivity contribution in [3.63, 3.8) is 0 Å². The third-order valence-corrected chi connectivity index (χ3v) is 3.98. The molecule has 0 aliphatic carbocycles. The summed E-state index contributed by atoms with van der Waals surface area (Å²) in [6, 6.07) is 4.63. The molecule has 0 spiro atoms. The fraction of sp³-hybridized carbons (Fsp3) is 0.538. The molecule has 0 nitrogen and oxygen atoms in total. The summed E-state index contributed by atoms with van der Waals surface area (Å²) < 4.78 is 0. The summed E-state index contributed by atoms with van der Waals surface area (Å²) in [7, 11) is 0. The highest BCUT2D eigenvalue weighted by atomic mass is 79.9. The average molecular weight is 334 g/mol. The molecular weight excluding hydrogens is 316 g/mol. The Morgan fingerprint density at radius 3 is 1.67 bits per heavy atom. The Morgan fingerprint density at radius 2 is 1.40 bits per heavy atom. The van der Waals surface area contributed by atoms with Crippen molar-refractivity contribution in [3.05, 3.63) is 34.4 Å². The van der Waals surface area contributed by atoms with Gasteiger partial charge >= 0.3 is 0 Å². The monoisotopic (exact) mass is 332 g/mol. The van der Waals surface area contributed by atoms with Gasteiger partial charge in [-0.3, -0.25) is 0 Å². The zero-order chi connectivity index (χ0) is 11.6. The van der Waals surface area contributed by atoms with E-state index in [2.05, 4.69) is 71.7 Å². The van der Waals surface area contributed by atoms with Gasteiger partial charge < -0.3 is 0 Å². The van der Waals surface area contributed by atoms with Gasteiger partial charge in [-0.25, -0.2) is 0 Å². The predicted octanol–water partition coefficient (Wildman–Crippen LogP) is 5.08. The van der Waals surface area contributed by atoms with E-state index in [1.807, 2.05) is 0 Å². The van der Waals surface area contributed by atoms with E-state index in [9.17, 15) is 0 Å². The Balaban J connectivity index is 3.33. The maximum Gasteiger partial charge on any atom is 0.0285 e. The second-order valence-corrected chi connectivity index (χ2v) is 6.06. The molecule has 0 aliphatic heterocycles. The summed E-state index contributed by atoms with van der Waals surface area (Å²) in [5, 5.41) is 1.87. The first-order chi connectivity index (χ1) is 6.90. The highest BCUT2D eigenvalue weighted by molar-refractivity contribution is 9.08. The average Bonchev–Trinajstić information content (AvgIpc) is 2.16. The minimum Gasteiger partial charge on any atom is -0.0876 e. The number of rotatable bonds is 2. The Morgan fingerprint density at radius 1 is 1.00 bits per heavy atom. The van der Waals surface area contributed by atoms with Crippen molar-refractivity contribution < 1.29 is 0 Å². The van der Waals surface area contributed by atoms with E-state index >= 15 is 0 Å². The van der Waals surface area contributed by atoms with Crippen LogP contribution in [0.1, 0.15) is 43.0 Å². The van der Waals surface area contributed by atoms with Crippen LogP contribution in [0, 0.1) is 6.92 Å². The molecule has 0 aromatic heterocycles. The Kier molecular flexibility index (Phi) is 4.42. The summed E-state index contributed by atoms with van der Waals surface area (Å²) >= 11 is 7.11. The van der Waals surface area contributed by atoms with Gasteiger partial charge in [0.05, 0.1) is 0 Å². The third kappa shape index (κ3) is 3.07. The molecule has 1 rings (SSSR count). The molecule has 0 heterocycles. The van der Waals surface area contributed by atoms with Crippen LogP contribution in [-0.2, 0) is 16.1 Å². The van der Waals surface area contributed by atoms with E-state index in [-0.39, 0.29) is 5.41 Å². The fourth-order valence-electron chi connectivity index (χ4n) is 1.55. The molecule has 0 unspecified atom stereocenters. The van der Waals surface area contributed by atoms with Gasteiger partial charge in [-0.05, 0) is 34.6 Å². The maximum atomic E-state index is 3.56. The van der Waals surface area contributed by atoms with Crippen LogP contribution in [0.4, 0.5) is 0 Å². The molecule has 0 amide bonds. The SMILES string of the molecule is Cc1c(CBr)cc(C(C)(C)C)cc1CBr. The maximum absolute atomic E-state index is 3.56. The van der Waals surface area contributed by atoms with Gasteiger partial charge in [-0.2, -0.15) is 0 Å². The van der Waals surface area contributed by atoms with Crippen molar-refractivity contribution in [2.75, 3.05) is 0 Å². The lowest BCUT2D eigenvalue weighted by Crippen LogP contribution is -2.12. The highest BCUT2D eigenvalue weighted by Crippen LogP contribution is 2.29. The molecule has 84 valence electrons. The van der Waals surface area contributed by atoms with Crippen LogP contribution in [0.15, 0.2) is 12.1 Å². The molecule has 2 heteroatoms. The molecule has 0 N–H and O–H groups in total. The molecule has 0 bridgehead atoms. The number of hydrogen-bond acceptors (Lipinski definition) is 0. The molecule has 1 aromatic carbocycles. The van der Waals surface area contributed by atoms with E-state index in [0.717, 1.165) is 10.7 Å². The van der Waals surface area contributed by atoms with Crippen LogP contribution >= 0.6 is 31.9 Å². The van der Waals surface area contributed by atoms with Gasteiger partial charge in [0.1, 0.15) is 0 Å². The lowest BCUT2D eigenvalue weighted by atomic mass is 9.84. The first-order valence-corrected chi connectivity index (χ1v) is 7.39. The van der Waals surface area contributed by atoms with Gasteiger partial charge in [0.2, 0.25) is 0 Å². The molecule has 0 radical (unpaired) electrons. The lowest BCUT2D eigenvalue weighted by molar-refractivity contribution is 0.589. The Hall–Kier alpha value is 0.180. The molecule has 0 saturated heterocycles. The van der Waals surface area contributed by atoms with E-state index in [0.29, 0.717) is 0 Å². The predicted molar refractivity (Wildman–Crippen MR) is 75.1 cm³/mol. The zero-order valence-electron chi connectivity index (χ0n) is 9.82. The van der Waals surface area contributed by atoms with E-state index in [1.54, 1.807) is 0 Å². The summed E-state index contributed by atoms with van der Waals surface area (Å²) in [5.41, 5.74) is 5.84. The van der Waals surface area contributed by atoms with Crippen LogP contribution in [-0.4, -0.2) is 0 Å². The minimum atomic E-state index is 0.224. The van der Waals surface area contributed by atoms with Crippen LogP contribution in [0.2, 0.25) is 0 Å². The number of alkyl halides is 2. The van der Waals surface area contributed by atoms with Crippen molar-refractivity contribution in [2.45, 2.75) is 43.8 Å². The normalized spacial score (nSPS) is 11.9. The van der Waals surface area contributed by atoms with Gasteiger partial charge in [0, 0.05) is 10.7 Å². The molecule has 0 saturated carbocycles. The number of benzene rings is 1. The van der Waals surface area contributed by atoms with E-state index in [1.165, 1.54) is 22.3 Å². The molecule has 1 aromatic rings. The molecular formula is C13H18Br2. The van der Waals surface area contributed by atoms with Crippen LogP contribution in [0.3, 0.4) is 0 Å². The van der Waals surface area contributed by atoms with Crippen molar-refractivity contribution >= 4 is 31.9 Å². The van der Waals surface area contributed by atoms with Crippen molar-refractivity contribution in [2.24, 2.45) is 0 Å². The smallest absolute Gasteiger partial charge is 0.0285 e. The Labute approximate surface area is 110 Å². The van der Waals surface area contributed by atoms with Crippen LogP contribution in [0.25, 0.3) is 0 Å². The van der Waals surface area contributed by atoms with Crippen LogP contribution in [0.5, 0.6) is 0 Å². The topological polar surface area (TPSA) is 0 Å². The summed E-state index contributed by atoms with van der Waals surface area (Å²) in [4.78, 5) is 0. The number of halogens is 2. The molecule has 0 aliphatic rings. The summed E-state index contributed by atoms with van der Waals surface area (Å²) in [6.07, 6.45) is 0. The first kappa shape index (κ1) is 13.2.